The van der Waals surface area contributed by atoms with E-state index >= 15 is 0 Å². The van der Waals surface area contributed by atoms with Crippen molar-refractivity contribution in [2.75, 3.05) is 13.2 Å². The van der Waals surface area contributed by atoms with E-state index < -0.39 is 0 Å². The number of hydrogen-bond acceptors (Lipinski definition) is 5. The number of aromatic amines is 1. The Kier molecular flexibility index (Phi) is 3.81. The molecule has 0 atom stereocenters. The van der Waals surface area contributed by atoms with Crippen LogP contribution in [0.4, 0.5) is 0 Å². The van der Waals surface area contributed by atoms with Crippen molar-refractivity contribution in [3.8, 4) is 0 Å². The lowest BCUT2D eigenvalue weighted by atomic mass is 9.99. The van der Waals surface area contributed by atoms with E-state index in [9.17, 15) is 9.59 Å². The number of carbonyl (C=O) groups is 1. The standard InChI is InChI=1S/C10H14N4O3/c15-9(7-1-3-17-4-2-7)11-5-8-10(16)12-6-13-14-8/h6-7H,1-5H2,(H,11,15)(H,12,13,16). The van der Waals surface area contributed by atoms with Gasteiger partial charge in [0.15, 0.2) is 0 Å². The van der Waals surface area contributed by atoms with Crippen molar-refractivity contribution < 1.29 is 9.53 Å². The Morgan fingerprint density at radius 3 is 3.00 bits per heavy atom. The third-order valence-electron chi connectivity index (χ3n) is 2.72. The Bertz CT molecular complexity index is 439. The molecular formula is C10H14N4O3. The van der Waals surface area contributed by atoms with Gasteiger partial charge in [-0.25, -0.2) is 0 Å². The van der Waals surface area contributed by atoms with Gasteiger partial charge in [0.05, 0.1) is 6.54 Å². The molecule has 0 bridgehead atoms. The van der Waals surface area contributed by atoms with Crippen LogP contribution < -0.4 is 10.9 Å². The van der Waals surface area contributed by atoms with Crippen LogP contribution in [0.3, 0.4) is 0 Å². The smallest absolute Gasteiger partial charge is 0.274 e. The summed E-state index contributed by atoms with van der Waals surface area (Å²) in [6.45, 7) is 1.34. The largest absolute Gasteiger partial charge is 0.381 e. The van der Waals surface area contributed by atoms with Gasteiger partial charge >= 0.3 is 0 Å². The molecule has 1 fully saturated rings. The summed E-state index contributed by atoms with van der Waals surface area (Å²) in [5, 5.41) is 9.91. The van der Waals surface area contributed by atoms with Gasteiger partial charge in [-0.15, -0.1) is 10.2 Å². The predicted molar refractivity (Wildman–Crippen MR) is 58.0 cm³/mol. The molecule has 92 valence electrons. The third-order valence-corrected chi connectivity index (χ3v) is 2.72. The fourth-order valence-electron chi connectivity index (χ4n) is 1.71. The first-order chi connectivity index (χ1) is 8.27. The van der Waals surface area contributed by atoms with Gasteiger partial charge in [0.1, 0.15) is 12.0 Å². The van der Waals surface area contributed by atoms with Gasteiger partial charge in [-0.05, 0) is 12.8 Å². The maximum atomic E-state index is 11.8. The number of carbonyl (C=O) groups excluding carboxylic acids is 1. The monoisotopic (exact) mass is 238 g/mol. The molecule has 1 aromatic heterocycles. The summed E-state index contributed by atoms with van der Waals surface area (Å²) in [6, 6.07) is 0. The Morgan fingerprint density at radius 1 is 1.53 bits per heavy atom. The van der Waals surface area contributed by atoms with Gasteiger partial charge in [0.2, 0.25) is 5.91 Å². The fraction of sp³-hybridized carbons (Fsp3) is 0.600. The Hall–Kier alpha value is -1.76. The molecule has 1 amide bonds. The molecule has 0 unspecified atom stereocenters. The minimum absolute atomic E-state index is 0.0282. The molecular weight excluding hydrogens is 224 g/mol. The number of H-pyrrole nitrogens is 1. The van der Waals surface area contributed by atoms with Gasteiger partial charge in [0, 0.05) is 19.1 Å². The van der Waals surface area contributed by atoms with Gasteiger partial charge in [-0.2, -0.15) is 0 Å². The van der Waals surface area contributed by atoms with E-state index in [1.807, 2.05) is 0 Å². The summed E-state index contributed by atoms with van der Waals surface area (Å²) in [4.78, 5) is 25.4. The molecule has 7 nitrogen and oxygen atoms in total. The van der Waals surface area contributed by atoms with Gasteiger partial charge in [-0.3, -0.25) is 9.59 Å². The summed E-state index contributed by atoms with van der Waals surface area (Å²) in [6.07, 6.45) is 2.66. The van der Waals surface area contributed by atoms with E-state index in [-0.39, 0.29) is 29.6 Å². The second-order valence-electron chi connectivity index (χ2n) is 3.87. The lowest BCUT2D eigenvalue weighted by molar-refractivity contribution is -0.128. The van der Waals surface area contributed by atoms with Crippen molar-refractivity contribution in [1.29, 1.82) is 0 Å². The zero-order valence-corrected chi connectivity index (χ0v) is 9.31. The zero-order valence-electron chi connectivity index (χ0n) is 9.31. The van der Waals surface area contributed by atoms with Gasteiger partial charge in [-0.1, -0.05) is 0 Å². The molecule has 0 aliphatic carbocycles. The molecule has 1 aliphatic heterocycles. The summed E-state index contributed by atoms with van der Waals surface area (Å²) in [7, 11) is 0. The number of amides is 1. The minimum atomic E-state index is -0.327. The quantitative estimate of drug-likeness (QED) is 0.719. The van der Waals surface area contributed by atoms with Gasteiger partial charge in [0.25, 0.3) is 5.56 Å². The SMILES string of the molecule is O=C(NCc1nnc[nH]c1=O)C1CCOCC1. The maximum absolute atomic E-state index is 11.8. The highest BCUT2D eigenvalue weighted by Gasteiger charge is 2.21. The molecule has 7 heteroatoms. The predicted octanol–water partition coefficient (Wildman–Crippen LogP) is -0.792. The van der Waals surface area contributed by atoms with Crippen molar-refractivity contribution >= 4 is 5.91 Å². The second kappa shape index (κ2) is 5.53. The Balaban J connectivity index is 1.87. The highest BCUT2D eigenvalue weighted by atomic mass is 16.5. The molecule has 1 aliphatic rings. The number of rotatable bonds is 3. The lowest BCUT2D eigenvalue weighted by Gasteiger charge is -2.20. The normalized spacial score (nSPS) is 16.7. The minimum Gasteiger partial charge on any atom is -0.381 e. The van der Waals surface area contributed by atoms with Crippen LogP contribution in [-0.2, 0) is 16.1 Å². The Labute approximate surface area is 97.6 Å². The average Bonchev–Trinajstić information content (AvgIpc) is 2.38. The molecule has 17 heavy (non-hydrogen) atoms. The number of hydrogen-bond donors (Lipinski definition) is 2. The first-order valence-electron chi connectivity index (χ1n) is 5.52. The van der Waals surface area contributed by atoms with E-state index in [4.69, 9.17) is 4.74 Å². The summed E-state index contributed by atoms with van der Waals surface area (Å²) < 4.78 is 5.17. The van der Waals surface area contributed by atoms with Crippen LogP contribution in [-0.4, -0.2) is 34.3 Å². The highest BCUT2D eigenvalue weighted by Crippen LogP contribution is 2.14. The van der Waals surface area contributed by atoms with E-state index in [1.54, 1.807) is 0 Å². The summed E-state index contributed by atoms with van der Waals surface area (Å²) >= 11 is 0. The molecule has 0 saturated carbocycles. The van der Waals surface area contributed by atoms with E-state index in [0.717, 1.165) is 12.8 Å². The summed E-state index contributed by atoms with van der Waals surface area (Å²) in [5.74, 6) is -0.0853. The molecule has 1 aromatic rings. The van der Waals surface area contributed by atoms with Crippen molar-refractivity contribution in [3.05, 3.63) is 22.4 Å². The molecule has 2 N–H and O–H groups in total. The van der Waals surface area contributed by atoms with Crippen LogP contribution in [0.15, 0.2) is 11.1 Å². The van der Waals surface area contributed by atoms with Crippen LogP contribution in [0.1, 0.15) is 18.5 Å². The van der Waals surface area contributed by atoms with Gasteiger partial charge < -0.3 is 15.0 Å². The van der Waals surface area contributed by atoms with Crippen LogP contribution >= 0.6 is 0 Å². The van der Waals surface area contributed by atoms with Crippen LogP contribution in [0.25, 0.3) is 0 Å². The van der Waals surface area contributed by atoms with Crippen molar-refractivity contribution in [1.82, 2.24) is 20.5 Å². The molecule has 2 heterocycles. The Morgan fingerprint density at radius 2 is 2.29 bits per heavy atom. The second-order valence-corrected chi connectivity index (χ2v) is 3.87. The molecule has 2 rings (SSSR count). The average molecular weight is 238 g/mol. The fourth-order valence-corrected chi connectivity index (χ4v) is 1.71. The maximum Gasteiger partial charge on any atom is 0.274 e. The van der Waals surface area contributed by atoms with Crippen LogP contribution in [0.5, 0.6) is 0 Å². The van der Waals surface area contributed by atoms with Crippen LogP contribution in [0, 0.1) is 5.92 Å². The molecule has 1 saturated heterocycles. The number of aromatic nitrogens is 3. The van der Waals surface area contributed by atoms with Crippen LogP contribution in [0.2, 0.25) is 0 Å². The van der Waals surface area contributed by atoms with Crippen molar-refractivity contribution in [2.24, 2.45) is 5.92 Å². The molecule has 0 aromatic carbocycles. The number of ether oxygens (including phenoxy) is 1. The zero-order chi connectivity index (χ0) is 12.1. The lowest BCUT2D eigenvalue weighted by Crippen LogP contribution is -2.35. The number of nitrogens with one attached hydrogen (secondary N) is 2. The first kappa shape index (κ1) is 11.7. The van der Waals surface area contributed by atoms with E-state index in [1.165, 1.54) is 6.33 Å². The molecule has 0 spiro atoms. The van der Waals surface area contributed by atoms with E-state index in [2.05, 4.69) is 20.5 Å². The van der Waals surface area contributed by atoms with E-state index in [0.29, 0.717) is 13.2 Å². The number of nitrogens with zero attached hydrogens (tertiary/aromatic N) is 2. The van der Waals surface area contributed by atoms with Crippen molar-refractivity contribution in [2.45, 2.75) is 19.4 Å². The van der Waals surface area contributed by atoms with Crippen molar-refractivity contribution in [3.63, 3.8) is 0 Å². The highest BCUT2D eigenvalue weighted by molar-refractivity contribution is 5.78. The first-order valence-corrected chi connectivity index (χ1v) is 5.52. The third kappa shape index (κ3) is 3.10. The molecule has 0 radical (unpaired) electrons. The topological polar surface area (TPSA) is 97.0 Å². The summed E-state index contributed by atoms with van der Waals surface area (Å²) in [5.41, 5.74) is -0.111.